The molecule has 0 radical (unpaired) electrons. The van der Waals surface area contributed by atoms with Crippen molar-refractivity contribution in [2.45, 2.75) is 19.6 Å². The van der Waals surface area contributed by atoms with Gasteiger partial charge in [-0.3, -0.25) is 4.90 Å². The van der Waals surface area contributed by atoms with Gasteiger partial charge in [0.2, 0.25) is 0 Å². The summed E-state index contributed by atoms with van der Waals surface area (Å²) in [5.74, 6) is 0. The lowest BCUT2D eigenvalue weighted by Gasteiger charge is -2.21. The average Bonchev–Trinajstić information content (AvgIpc) is 2.33. The molecule has 1 N–H and O–H groups in total. The highest BCUT2D eigenvalue weighted by Gasteiger charge is 2.25. The zero-order valence-corrected chi connectivity index (χ0v) is 10.5. The summed E-state index contributed by atoms with van der Waals surface area (Å²) in [4.78, 5) is 2.11. The maximum absolute atomic E-state index is 11.9. The Morgan fingerprint density at radius 3 is 2.39 bits per heavy atom. The minimum atomic E-state index is -4.13. The van der Waals surface area contributed by atoms with Crippen LogP contribution in [-0.4, -0.2) is 37.3 Å². The van der Waals surface area contributed by atoms with Crippen molar-refractivity contribution in [2.75, 3.05) is 26.2 Å². The fourth-order valence-electron chi connectivity index (χ4n) is 1.66. The third-order valence-electron chi connectivity index (χ3n) is 2.63. The second kappa shape index (κ2) is 7.38. The summed E-state index contributed by atoms with van der Waals surface area (Å²) in [7, 11) is 0. The highest BCUT2D eigenvalue weighted by Crippen LogP contribution is 2.12. The monoisotopic (exact) mass is 260 g/mol. The molecule has 1 aromatic carbocycles. The van der Waals surface area contributed by atoms with Crippen molar-refractivity contribution >= 4 is 0 Å². The van der Waals surface area contributed by atoms with Crippen LogP contribution < -0.4 is 5.32 Å². The van der Waals surface area contributed by atoms with Crippen LogP contribution in [0.2, 0.25) is 0 Å². The Labute approximate surface area is 106 Å². The van der Waals surface area contributed by atoms with E-state index >= 15 is 0 Å². The zero-order chi connectivity index (χ0) is 13.4. The molecule has 0 unspecified atom stereocenters. The van der Waals surface area contributed by atoms with Gasteiger partial charge in [-0.2, -0.15) is 13.2 Å². The van der Waals surface area contributed by atoms with E-state index in [1.54, 1.807) is 0 Å². The Hall–Kier alpha value is -1.07. The van der Waals surface area contributed by atoms with Crippen molar-refractivity contribution < 1.29 is 13.2 Å². The van der Waals surface area contributed by atoms with Gasteiger partial charge in [0.25, 0.3) is 0 Å². The molecule has 0 saturated heterocycles. The van der Waals surface area contributed by atoms with Crippen LogP contribution in [0.25, 0.3) is 0 Å². The number of rotatable bonds is 7. The predicted molar refractivity (Wildman–Crippen MR) is 66.3 cm³/mol. The number of benzene rings is 1. The van der Waals surface area contributed by atoms with Gasteiger partial charge in [0, 0.05) is 19.6 Å². The molecule has 0 aliphatic carbocycles. The molecular formula is C13H19F3N2. The molecule has 2 nitrogen and oxygen atoms in total. The van der Waals surface area contributed by atoms with Gasteiger partial charge in [-0.1, -0.05) is 37.3 Å². The van der Waals surface area contributed by atoms with Crippen LogP contribution >= 0.6 is 0 Å². The lowest BCUT2D eigenvalue weighted by atomic mass is 10.2. The van der Waals surface area contributed by atoms with Gasteiger partial charge in [0.05, 0.1) is 6.54 Å². The van der Waals surface area contributed by atoms with Gasteiger partial charge in [0.15, 0.2) is 0 Å². The van der Waals surface area contributed by atoms with E-state index in [2.05, 4.69) is 10.2 Å². The minimum Gasteiger partial charge on any atom is -0.307 e. The van der Waals surface area contributed by atoms with E-state index in [0.717, 1.165) is 13.1 Å². The van der Waals surface area contributed by atoms with Crippen molar-refractivity contribution in [3.63, 3.8) is 0 Å². The molecule has 0 spiro atoms. The number of hydrogen-bond acceptors (Lipinski definition) is 2. The van der Waals surface area contributed by atoms with E-state index in [1.165, 1.54) is 5.56 Å². The van der Waals surface area contributed by atoms with Crippen molar-refractivity contribution in [1.29, 1.82) is 0 Å². The molecular weight excluding hydrogens is 241 g/mol. The first kappa shape index (κ1) is 15.0. The molecule has 18 heavy (non-hydrogen) atoms. The summed E-state index contributed by atoms with van der Waals surface area (Å²) in [6.07, 6.45) is -4.13. The summed E-state index contributed by atoms with van der Waals surface area (Å²) in [5, 5.41) is 2.41. The third kappa shape index (κ3) is 6.61. The van der Waals surface area contributed by atoms with Gasteiger partial charge < -0.3 is 5.32 Å². The molecule has 5 heteroatoms. The van der Waals surface area contributed by atoms with Gasteiger partial charge in [-0.25, -0.2) is 0 Å². The highest BCUT2D eigenvalue weighted by molar-refractivity contribution is 5.14. The molecule has 0 aliphatic rings. The molecule has 0 aliphatic heterocycles. The Balaban J connectivity index is 2.26. The SMILES string of the molecule is CCN(CCNCC(F)(F)F)Cc1ccccc1. The normalized spacial score (nSPS) is 12.1. The molecule has 1 rings (SSSR count). The van der Waals surface area contributed by atoms with Crippen molar-refractivity contribution in [2.24, 2.45) is 0 Å². The topological polar surface area (TPSA) is 15.3 Å². The fourth-order valence-corrected chi connectivity index (χ4v) is 1.66. The number of nitrogens with one attached hydrogen (secondary N) is 1. The van der Waals surface area contributed by atoms with E-state index in [-0.39, 0.29) is 0 Å². The first-order valence-electron chi connectivity index (χ1n) is 6.05. The van der Waals surface area contributed by atoms with Crippen LogP contribution in [0.4, 0.5) is 13.2 Å². The van der Waals surface area contributed by atoms with Gasteiger partial charge in [-0.05, 0) is 12.1 Å². The number of nitrogens with zero attached hydrogens (tertiary/aromatic N) is 1. The van der Waals surface area contributed by atoms with Crippen LogP contribution in [0.1, 0.15) is 12.5 Å². The molecule has 0 heterocycles. The number of halogens is 3. The van der Waals surface area contributed by atoms with Crippen molar-refractivity contribution in [3.05, 3.63) is 35.9 Å². The summed E-state index contributed by atoms with van der Waals surface area (Å²) >= 11 is 0. The Bertz CT molecular complexity index is 325. The van der Waals surface area contributed by atoms with E-state index in [9.17, 15) is 13.2 Å². The molecule has 0 saturated carbocycles. The first-order chi connectivity index (χ1) is 8.51. The van der Waals surface area contributed by atoms with E-state index in [1.807, 2.05) is 37.3 Å². The van der Waals surface area contributed by atoms with E-state index < -0.39 is 12.7 Å². The van der Waals surface area contributed by atoms with Crippen LogP contribution in [0.5, 0.6) is 0 Å². The highest BCUT2D eigenvalue weighted by atomic mass is 19.4. The first-order valence-corrected chi connectivity index (χ1v) is 6.05. The number of alkyl halides is 3. The number of hydrogen-bond donors (Lipinski definition) is 1. The Kier molecular flexibility index (Phi) is 6.15. The van der Waals surface area contributed by atoms with Gasteiger partial charge in [-0.15, -0.1) is 0 Å². The van der Waals surface area contributed by atoms with Crippen LogP contribution in [-0.2, 0) is 6.54 Å². The van der Waals surface area contributed by atoms with E-state index in [0.29, 0.717) is 13.1 Å². The molecule has 0 fully saturated rings. The maximum atomic E-state index is 11.9. The van der Waals surface area contributed by atoms with Crippen LogP contribution in [0.3, 0.4) is 0 Å². The van der Waals surface area contributed by atoms with Gasteiger partial charge >= 0.3 is 6.18 Å². The molecule has 102 valence electrons. The lowest BCUT2D eigenvalue weighted by molar-refractivity contribution is -0.124. The summed E-state index contributed by atoms with van der Waals surface area (Å²) in [5.41, 5.74) is 1.18. The van der Waals surface area contributed by atoms with Crippen molar-refractivity contribution in [3.8, 4) is 0 Å². The quantitative estimate of drug-likeness (QED) is 0.758. The molecule has 0 amide bonds. The zero-order valence-electron chi connectivity index (χ0n) is 10.5. The Morgan fingerprint density at radius 2 is 1.83 bits per heavy atom. The standard InChI is InChI=1S/C13H19F3N2/c1-2-18(9-8-17-11-13(14,15)16)10-12-6-4-3-5-7-12/h3-7,17H,2,8-11H2,1H3. The van der Waals surface area contributed by atoms with E-state index in [4.69, 9.17) is 0 Å². The summed E-state index contributed by atoms with van der Waals surface area (Å²) in [6, 6.07) is 9.92. The van der Waals surface area contributed by atoms with Gasteiger partial charge in [0.1, 0.15) is 0 Å². The molecule has 1 aromatic rings. The fraction of sp³-hybridized carbons (Fsp3) is 0.538. The lowest BCUT2D eigenvalue weighted by Crippen LogP contribution is -2.36. The average molecular weight is 260 g/mol. The van der Waals surface area contributed by atoms with Crippen LogP contribution in [0.15, 0.2) is 30.3 Å². The van der Waals surface area contributed by atoms with Crippen LogP contribution in [0, 0.1) is 0 Å². The van der Waals surface area contributed by atoms with Crippen molar-refractivity contribution in [1.82, 2.24) is 10.2 Å². The molecule has 0 aromatic heterocycles. The summed E-state index contributed by atoms with van der Waals surface area (Å²) < 4.78 is 35.8. The second-order valence-electron chi connectivity index (χ2n) is 4.15. The third-order valence-corrected chi connectivity index (χ3v) is 2.63. The Morgan fingerprint density at radius 1 is 1.17 bits per heavy atom. The molecule has 0 bridgehead atoms. The maximum Gasteiger partial charge on any atom is 0.401 e. The number of likely N-dealkylation sites (N-methyl/N-ethyl adjacent to an activating group) is 1. The molecule has 0 atom stereocenters. The second-order valence-corrected chi connectivity index (χ2v) is 4.15. The smallest absolute Gasteiger partial charge is 0.307 e. The largest absolute Gasteiger partial charge is 0.401 e. The minimum absolute atomic E-state index is 0.347. The summed E-state index contributed by atoms with van der Waals surface area (Å²) in [6.45, 7) is 3.64. The predicted octanol–water partition coefficient (Wildman–Crippen LogP) is 2.66.